The van der Waals surface area contributed by atoms with Crippen molar-refractivity contribution in [1.82, 2.24) is 19.9 Å². The Morgan fingerprint density at radius 2 is 0.896 bits per heavy atom. The summed E-state index contributed by atoms with van der Waals surface area (Å²) in [6, 6.07) is 55.2. The Hall–Kier alpha value is -6.52. The van der Waals surface area contributed by atoms with Crippen molar-refractivity contribution < 1.29 is 0 Å². The molecule has 0 fully saturated rings. The van der Waals surface area contributed by atoms with Crippen LogP contribution >= 0.6 is 0 Å². The fraction of sp³-hybridized carbons (Fsp3) is 0. The van der Waals surface area contributed by atoms with Crippen LogP contribution < -0.4 is 0 Å². The van der Waals surface area contributed by atoms with Crippen molar-refractivity contribution in [3.63, 3.8) is 0 Å². The van der Waals surface area contributed by atoms with Crippen molar-refractivity contribution in [1.29, 1.82) is 0 Å². The number of fused-ring (bicyclic) bond motifs is 4. The minimum absolute atomic E-state index is 0.728. The second-order valence-corrected chi connectivity index (χ2v) is 11.9. The molecule has 0 atom stereocenters. The summed E-state index contributed by atoms with van der Waals surface area (Å²) in [4.78, 5) is 19.2. The SMILES string of the molecule is c1ccc(-c2ccc3ccc4ccc(-c5ccc(-c6cccc(-c7ccc(-c8ncccn8)cc7)c6)c6ccccc56)nc4c3n2)cc1. The number of benzene rings is 6. The summed E-state index contributed by atoms with van der Waals surface area (Å²) in [6.45, 7) is 0. The average Bonchev–Trinajstić information content (AvgIpc) is 3.18. The molecule has 0 saturated carbocycles. The first-order valence-electron chi connectivity index (χ1n) is 16.0. The quantitative estimate of drug-likeness (QED) is 0.181. The smallest absolute Gasteiger partial charge is 0.159 e. The number of hydrogen-bond acceptors (Lipinski definition) is 4. The van der Waals surface area contributed by atoms with E-state index in [2.05, 4.69) is 143 Å². The molecule has 0 radical (unpaired) electrons. The molecule has 0 aliphatic carbocycles. The summed E-state index contributed by atoms with van der Waals surface area (Å²) in [7, 11) is 0. The third-order valence-electron chi connectivity index (χ3n) is 9.01. The predicted molar refractivity (Wildman–Crippen MR) is 197 cm³/mol. The lowest BCUT2D eigenvalue weighted by Gasteiger charge is -2.14. The van der Waals surface area contributed by atoms with Gasteiger partial charge in [0.2, 0.25) is 0 Å². The van der Waals surface area contributed by atoms with Crippen LogP contribution in [0.2, 0.25) is 0 Å². The van der Waals surface area contributed by atoms with Gasteiger partial charge in [0.1, 0.15) is 0 Å². The van der Waals surface area contributed by atoms with Crippen molar-refractivity contribution in [3.8, 4) is 56.2 Å². The number of rotatable bonds is 5. The minimum atomic E-state index is 0.728. The maximum absolute atomic E-state index is 5.27. The fourth-order valence-electron chi connectivity index (χ4n) is 6.59. The molecule has 0 N–H and O–H groups in total. The van der Waals surface area contributed by atoms with Gasteiger partial charge in [-0.05, 0) is 57.3 Å². The van der Waals surface area contributed by atoms with Gasteiger partial charge in [0.25, 0.3) is 0 Å². The van der Waals surface area contributed by atoms with Gasteiger partial charge < -0.3 is 0 Å². The molecule has 0 aliphatic rings. The van der Waals surface area contributed by atoms with Gasteiger partial charge in [-0.3, -0.25) is 0 Å². The molecule has 0 saturated heterocycles. The Morgan fingerprint density at radius 1 is 0.333 bits per heavy atom. The lowest BCUT2D eigenvalue weighted by Crippen LogP contribution is -1.92. The first kappa shape index (κ1) is 27.8. The van der Waals surface area contributed by atoms with E-state index in [1.54, 1.807) is 12.4 Å². The lowest BCUT2D eigenvalue weighted by molar-refractivity contribution is 1.18. The highest BCUT2D eigenvalue weighted by atomic mass is 14.8. The third kappa shape index (κ3) is 4.97. The highest BCUT2D eigenvalue weighted by molar-refractivity contribution is 6.07. The van der Waals surface area contributed by atoms with Crippen molar-refractivity contribution in [3.05, 3.63) is 170 Å². The molecule has 0 unspecified atom stereocenters. The summed E-state index contributed by atoms with van der Waals surface area (Å²) >= 11 is 0. The van der Waals surface area contributed by atoms with E-state index >= 15 is 0 Å². The van der Waals surface area contributed by atoms with Gasteiger partial charge in [-0.1, -0.05) is 133 Å². The van der Waals surface area contributed by atoms with Crippen molar-refractivity contribution in [2.75, 3.05) is 0 Å². The molecule has 3 aromatic heterocycles. The Bertz CT molecular complexity index is 2600. The monoisotopic (exact) mass is 612 g/mol. The first-order chi connectivity index (χ1) is 23.8. The van der Waals surface area contributed by atoms with E-state index < -0.39 is 0 Å². The zero-order chi connectivity index (χ0) is 31.9. The van der Waals surface area contributed by atoms with Crippen LogP contribution in [0.5, 0.6) is 0 Å². The Morgan fingerprint density at radius 3 is 1.65 bits per heavy atom. The summed E-state index contributed by atoms with van der Waals surface area (Å²) in [6.07, 6.45) is 3.54. The second-order valence-electron chi connectivity index (χ2n) is 11.9. The molecule has 9 aromatic rings. The van der Waals surface area contributed by atoms with Gasteiger partial charge in [-0.25, -0.2) is 19.9 Å². The molecule has 9 rings (SSSR count). The van der Waals surface area contributed by atoms with Crippen LogP contribution in [0.3, 0.4) is 0 Å². The van der Waals surface area contributed by atoms with Gasteiger partial charge in [0.05, 0.1) is 22.4 Å². The van der Waals surface area contributed by atoms with Crippen LogP contribution in [0.15, 0.2) is 170 Å². The zero-order valence-electron chi connectivity index (χ0n) is 26.0. The van der Waals surface area contributed by atoms with Crippen LogP contribution in [0.4, 0.5) is 0 Å². The van der Waals surface area contributed by atoms with Gasteiger partial charge in [-0.15, -0.1) is 0 Å². The molecule has 48 heavy (non-hydrogen) atoms. The molecule has 4 nitrogen and oxygen atoms in total. The van der Waals surface area contributed by atoms with Crippen LogP contribution in [-0.2, 0) is 0 Å². The molecular formula is C44H28N4. The van der Waals surface area contributed by atoms with E-state index in [-0.39, 0.29) is 0 Å². The lowest BCUT2D eigenvalue weighted by atomic mass is 9.92. The highest BCUT2D eigenvalue weighted by Gasteiger charge is 2.14. The van der Waals surface area contributed by atoms with Crippen LogP contribution in [-0.4, -0.2) is 19.9 Å². The molecule has 0 bridgehead atoms. The Balaban J connectivity index is 1.12. The molecule has 0 aliphatic heterocycles. The van der Waals surface area contributed by atoms with E-state index in [0.29, 0.717) is 0 Å². The van der Waals surface area contributed by atoms with E-state index in [1.165, 1.54) is 16.5 Å². The normalized spacial score (nSPS) is 11.3. The summed E-state index contributed by atoms with van der Waals surface area (Å²) in [5.41, 5.74) is 11.6. The molecule has 0 amide bonds. The minimum Gasteiger partial charge on any atom is -0.245 e. The van der Waals surface area contributed by atoms with Gasteiger partial charge >= 0.3 is 0 Å². The fourth-order valence-corrected chi connectivity index (χ4v) is 6.59. The van der Waals surface area contributed by atoms with Gasteiger partial charge in [-0.2, -0.15) is 0 Å². The summed E-state index contributed by atoms with van der Waals surface area (Å²) < 4.78 is 0. The van der Waals surface area contributed by atoms with Gasteiger partial charge in [0.15, 0.2) is 5.82 Å². The van der Waals surface area contributed by atoms with Crippen LogP contribution in [0.1, 0.15) is 0 Å². The highest BCUT2D eigenvalue weighted by Crippen LogP contribution is 2.37. The van der Waals surface area contributed by atoms with E-state index in [1.807, 2.05) is 24.3 Å². The van der Waals surface area contributed by atoms with E-state index in [0.717, 1.165) is 72.2 Å². The second kappa shape index (κ2) is 11.7. The maximum Gasteiger partial charge on any atom is 0.159 e. The summed E-state index contributed by atoms with van der Waals surface area (Å²) in [5.74, 6) is 0.728. The molecule has 0 spiro atoms. The number of nitrogens with zero attached hydrogens (tertiary/aromatic N) is 4. The Labute approximate surface area is 278 Å². The van der Waals surface area contributed by atoms with Crippen LogP contribution in [0.25, 0.3) is 88.7 Å². The third-order valence-corrected chi connectivity index (χ3v) is 9.01. The Kier molecular flexibility index (Phi) is 6.76. The number of hydrogen-bond donors (Lipinski definition) is 0. The van der Waals surface area contributed by atoms with Crippen molar-refractivity contribution in [2.24, 2.45) is 0 Å². The average molecular weight is 613 g/mol. The van der Waals surface area contributed by atoms with Crippen molar-refractivity contribution >= 4 is 32.6 Å². The van der Waals surface area contributed by atoms with E-state index in [4.69, 9.17) is 9.97 Å². The molecule has 4 heteroatoms. The molecule has 6 aromatic carbocycles. The molecule has 224 valence electrons. The molecular weight excluding hydrogens is 585 g/mol. The summed E-state index contributed by atoms with van der Waals surface area (Å²) in [5, 5.41) is 4.51. The van der Waals surface area contributed by atoms with Crippen molar-refractivity contribution in [2.45, 2.75) is 0 Å². The largest absolute Gasteiger partial charge is 0.245 e. The van der Waals surface area contributed by atoms with Gasteiger partial charge in [0, 0.05) is 39.9 Å². The maximum atomic E-state index is 5.27. The predicted octanol–water partition coefficient (Wildman–Crippen LogP) is 11.1. The molecule has 3 heterocycles. The van der Waals surface area contributed by atoms with E-state index in [9.17, 15) is 0 Å². The van der Waals surface area contributed by atoms with Crippen LogP contribution in [0, 0.1) is 0 Å². The first-order valence-corrected chi connectivity index (χ1v) is 16.0. The standard InChI is InChI=1S/C44H28N4/c1-2-8-30(9-3-1)40-24-20-31-16-17-32-21-25-41(48-43(32)42(31)47-40)39-23-22-36(37-12-4-5-13-38(37)39)35-11-6-10-34(28-35)29-14-18-33(19-15-29)44-45-26-7-27-46-44/h1-28H. The number of pyridine rings is 2. The zero-order valence-corrected chi connectivity index (χ0v) is 26.0. The number of aromatic nitrogens is 4. The topological polar surface area (TPSA) is 51.6 Å².